The lowest BCUT2D eigenvalue weighted by Crippen LogP contribution is -1.92. The van der Waals surface area contributed by atoms with E-state index in [4.69, 9.17) is 15.8 Å². The molecule has 0 saturated carbocycles. The summed E-state index contributed by atoms with van der Waals surface area (Å²) in [5.74, 6) is 0.173. The van der Waals surface area contributed by atoms with E-state index in [9.17, 15) is 10.1 Å². The molecule has 0 bridgehead atoms. The van der Waals surface area contributed by atoms with E-state index in [1.807, 2.05) is 42.5 Å². The van der Waals surface area contributed by atoms with Crippen LogP contribution in [0, 0.1) is 10.1 Å². The van der Waals surface area contributed by atoms with Crippen LogP contribution in [0.5, 0.6) is 5.75 Å². The summed E-state index contributed by atoms with van der Waals surface area (Å²) in [6.07, 6.45) is 0. The number of benzene rings is 3. The minimum absolute atomic E-state index is 0.153. The zero-order chi connectivity index (χ0) is 15.5. The third-order valence-electron chi connectivity index (χ3n) is 3.09. The van der Waals surface area contributed by atoms with Gasteiger partial charge in [0.05, 0.1) is 21.9 Å². The molecule has 0 saturated heterocycles. The molecule has 3 aromatic carbocycles. The quantitative estimate of drug-likeness (QED) is 0.360. The molecule has 4 nitrogen and oxygen atoms in total. The SMILES string of the molecule is O=[N+]([O-])c1cc(Cl)ccc1OSc1cccc2ccccc12. The highest BCUT2D eigenvalue weighted by Gasteiger charge is 2.17. The van der Waals surface area contributed by atoms with Gasteiger partial charge in [0, 0.05) is 11.1 Å². The van der Waals surface area contributed by atoms with Gasteiger partial charge >= 0.3 is 5.69 Å². The fourth-order valence-corrected chi connectivity index (χ4v) is 2.96. The van der Waals surface area contributed by atoms with Crippen LogP contribution in [0.25, 0.3) is 10.8 Å². The van der Waals surface area contributed by atoms with Gasteiger partial charge in [-0.15, -0.1) is 0 Å². The topological polar surface area (TPSA) is 52.4 Å². The van der Waals surface area contributed by atoms with Crippen LogP contribution in [0.3, 0.4) is 0 Å². The van der Waals surface area contributed by atoms with Crippen LogP contribution in [0.1, 0.15) is 0 Å². The molecule has 0 radical (unpaired) electrons. The Bertz CT molecular complexity index is 848. The van der Waals surface area contributed by atoms with Crippen molar-refractivity contribution >= 4 is 40.1 Å². The standard InChI is InChI=1S/C16H10ClNO3S/c17-12-8-9-15(14(10-12)18(19)20)21-22-16-7-3-5-11-4-1-2-6-13(11)16/h1-10H. The van der Waals surface area contributed by atoms with Gasteiger partial charge in [0.15, 0.2) is 0 Å². The molecule has 22 heavy (non-hydrogen) atoms. The van der Waals surface area contributed by atoms with E-state index in [1.165, 1.54) is 12.1 Å². The Morgan fingerprint density at radius 3 is 2.64 bits per heavy atom. The summed E-state index contributed by atoms with van der Waals surface area (Å²) in [5, 5.41) is 13.5. The highest BCUT2D eigenvalue weighted by Crippen LogP contribution is 2.35. The summed E-state index contributed by atoms with van der Waals surface area (Å²) in [5.41, 5.74) is -0.153. The first kappa shape index (κ1) is 14.7. The molecule has 110 valence electrons. The van der Waals surface area contributed by atoms with Gasteiger partial charge < -0.3 is 4.18 Å². The monoisotopic (exact) mass is 331 g/mol. The Labute approximate surface area is 136 Å². The molecule has 3 aromatic rings. The number of fused-ring (bicyclic) bond motifs is 1. The molecule has 0 aliphatic rings. The fourth-order valence-electron chi connectivity index (χ4n) is 2.06. The van der Waals surface area contributed by atoms with Crippen LogP contribution in [-0.2, 0) is 0 Å². The van der Waals surface area contributed by atoms with Crippen molar-refractivity contribution < 1.29 is 9.11 Å². The summed E-state index contributed by atoms with van der Waals surface area (Å²) in [7, 11) is 0. The highest BCUT2D eigenvalue weighted by atomic mass is 35.5. The van der Waals surface area contributed by atoms with E-state index in [0.29, 0.717) is 5.02 Å². The Hall–Kier alpha value is -2.24. The van der Waals surface area contributed by atoms with Gasteiger partial charge in [-0.2, -0.15) is 0 Å². The van der Waals surface area contributed by atoms with Crippen LogP contribution in [0.2, 0.25) is 5.02 Å². The molecule has 0 aliphatic carbocycles. The molecule has 0 aliphatic heterocycles. The summed E-state index contributed by atoms with van der Waals surface area (Å²) < 4.78 is 5.56. The summed E-state index contributed by atoms with van der Waals surface area (Å²) in [6, 6.07) is 18.1. The summed E-state index contributed by atoms with van der Waals surface area (Å²) in [4.78, 5) is 11.4. The molecule has 0 amide bonds. The molecule has 0 atom stereocenters. The maximum absolute atomic E-state index is 11.1. The van der Waals surface area contributed by atoms with Crippen LogP contribution >= 0.6 is 23.6 Å². The number of hydrogen-bond donors (Lipinski definition) is 0. The minimum Gasteiger partial charge on any atom is -0.413 e. The Kier molecular flexibility index (Phi) is 4.18. The van der Waals surface area contributed by atoms with Gasteiger partial charge in [0.2, 0.25) is 5.75 Å². The van der Waals surface area contributed by atoms with Crippen molar-refractivity contribution in [2.75, 3.05) is 0 Å². The van der Waals surface area contributed by atoms with Gasteiger partial charge in [0.25, 0.3) is 0 Å². The highest BCUT2D eigenvalue weighted by molar-refractivity contribution is 7.95. The number of hydrogen-bond acceptors (Lipinski definition) is 4. The van der Waals surface area contributed by atoms with E-state index in [2.05, 4.69) is 0 Å². The van der Waals surface area contributed by atoms with Gasteiger partial charge in [0.1, 0.15) is 0 Å². The van der Waals surface area contributed by atoms with E-state index < -0.39 is 4.92 Å². The predicted molar refractivity (Wildman–Crippen MR) is 88.5 cm³/mol. The molecule has 0 spiro atoms. The van der Waals surface area contributed by atoms with E-state index in [1.54, 1.807) is 6.07 Å². The van der Waals surface area contributed by atoms with Crippen molar-refractivity contribution in [1.29, 1.82) is 0 Å². The first-order valence-corrected chi connectivity index (χ1v) is 7.53. The lowest BCUT2D eigenvalue weighted by Gasteiger charge is -2.07. The smallest absolute Gasteiger partial charge is 0.313 e. The average Bonchev–Trinajstić information content (AvgIpc) is 2.53. The molecule has 0 unspecified atom stereocenters. The van der Waals surface area contributed by atoms with Crippen molar-refractivity contribution in [1.82, 2.24) is 0 Å². The number of nitro benzene ring substituents is 1. The molecule has 0 N–H and O–H groups in total. The lowest BCUT2D eigenvalue weighted by molar-refractivity contribution is -0.385. The molecule has 3 rings (SSSR count). The number of nitrogens with zero attached hydrogens (tertiary/aromatic N) is 1. The molecular weight excluding hydrogens is 322 g/mol. The van der Waals surface area contributed by atoms with Gasteiger partial charge in [-0.3, -0.25) is 10.1 Å². The lowest BCUT2D eigenvalue weighted by atomic mass is 10.1. The normalized spacial score (nSPS) is 10.6. The minimum atomic E-state index is -0.509. The number of nitro groups is 1. The van der Waals surface area contributed by atoms with Crippen molar-refractivity contribution in [2.24, 2.45) is 0 Å². The maximum Gasteiger partial charge on any atom is 0.313 e. The third kappa shape index (κ3) is 3.00. The van der Waals surface area contributed by atoms with Gasteiger partial charge in [-0.25, -0.2) is 0 Å². The Morgan fingerprint density at radius 2 is 1.82 bits per heavy atom. The van der Waals surface area contributed by atoms with Crippen LogP contribution < -0.4 is 4.18 Å². The van der Waals surface area contributed by atoms with Crippen molar-refractivity contribution in [3.8, 4) is 5.75 Å². The molecule has 0 aromatic heterocycles. The first-order valence-electron chi connectivity index (χ1n) is 6.41. The number of rotatable bonds is 4. The Morgan fingerprint density at radius 1 is 1.05 bits per heavy atom. The van der Waals surface area contributed by atoms with Crippen molar-refractivity contribution in [3.05, 3.63) is 75.8 Å². The van der Waals surface area contributed by atoms with Crippen LogP contribution in [-0.4, -0.2) is 4.92 Å². The van der Waals surface area contributed by atoms with Gasteiger partial charge in [-0.1, -0.05) is 48.0 Å². The van der Waals surface area contributed by atoms with E-state index in [-0.39, 0.29) is 11.4 Å². The second kappa shape index (κ2) is 6.25. The van der Waals surface area contributed by atoms with Gasteiger partial charge in [-0.05, 0) is 29.0 Å². The molecular formula is C16H10ClNO3S. The fraction of sp³-hybridized carbons (Fsp3) is 0. The van der Waals surface area contributed by atoms with E-state index in [0.717, 1.165) is 27.7 Å². The zero-order valence-electron chi connectivity index (χ0n) is 11.2. The van der Waals surface area contributed by atoms with Crippen LogP contribution in [0.4, 0.5) is 5.69 Å². The predicted octanol–water partition coefficient (Wildman–Crippen LogP) is 5.49. The summed E-state index contributed by atoms with van der Waals surface area (Å²) in [6.45, 7) is 0. The molecule has 6 heteroatoms. The molecule has 0 heterocycles. The summed E-state index contributed by atoms with van der Waals surface area (Å²) >= 11 is 6.88. The first-order chi connectivity index (χ1) is 10.6. The second-order valence-electron chi connectivity index (χ2n) is 4.51. The third-order valence-corrected chi connectivity index (χ3v) is 4.12. The Balaban J connectivity index is 1.90. The average molecular weight is 332 g/mol. The zero-order valence-corrected chi connectivity index (χ0v) is 12.8. The van der Waals surface area contributed by atoms with E-state index >= 15 is 0 Å². The maximum atomic E-state index is 11.1. The second-order valence-corrected chi connectivity index (χ2v) is 5.72. The van der Waals surface area contributed by atoms with Crippen molar-refractivity contribution in [2.45, 2.75) is 4.90 Å². The van der Waals surface area contributed by atoms with Crippen LogP contribution in [0.15, 0.2) is 65.6 Å². The largest absolute Gasteiger partial charge is 0.413 e. The molecule has 0 fully saturated rings. The van der Waals surface area contributed by atoms with Crippen molar-refractivity contribution in [3.63, 3.8) is 0 Å². The number of halogens is 1.